The first-order valence-electron chi connectivity index (χ1n) is 4.15. The number of allylic oxidation sites excluding steroid dienone is 2. The molecule has 100 valence electrons. The van der Waals surface area contributed by atoms with E-state index in [4.69, 9.17) is 0 Å². The van der Waals surface area contributed by atoms with Crippen molar-refractivity contribution in [2.75, 3.05) is 0 Å². The van der Waals surface area contributed by atoms with E-state index in [0.29, 0.717) is 0 Å². The van der Waals surface area contributed by atoms with Crippen molar-refractivity contribution in [3.05, 3.63) is 8.94 Å². The number of alkyl halides is 3. The van der Waals surface area contributed by atoms with Crippen LogP contribution in [0.2, 0.25) is 5.82 Å². The fourth-order valence-corrected chi connectivity index (χ4v) is 15.2. The van der Waals surface area contributed by atoms with E-state index in [0.717, 1.165) is 8.94 Å². The monoisotopic (exact) mass is 470 g/mol. The van der Waals surface area contributed by atoms with Crippen LogP contribution in [-0.4, -0.2) is 61.1 Å². The van der Waals surface area contributed by atoms with E-state index < -0.39 is 17.9 Å². The zero-order valence-corrected chi connectivity index (χ0v) is 14.9. The Hall–Kier alpha value is 0.998. The van der Waals surface area contributed by atoms with Crippen LogP contribution in [0.15, 0.2) is 8.94 Å². The summed E-state index contributed by atoms with van der Waals surface area (Å²) in [7, 11) is -5.48. The van der Waals surface area contributed by atoms with Crippen molar-refractivity contribution in [2.24, 2.45) is 0 Å². The van der Waals surface area contributed by atoms with E-state index in [1.807, 2.05) is 13.8 Å². The number of hydrogen-bond acceptors (Lipinski definition) is 3. The van der Waals surface area contributed by atoms with Gasteiger partial charge in [-0.3, -0.25) is 0 Å². The Labute approximate surface area is 117 Å². The van der Waals surface area contributed by atoms with Gasteiger partial charge in [0.2, 0.25) is 0 Å². The third-order valence-corrected chi connectivity index (χ3v) is 16.7. The van der Waals surface area contributed by atoms with Gasteiger partial charge in [0.1, 0.15) is 0 Å². The summed E-state index contributed by atoms with van der Waals surface area (Å²) in [6, 6.07) is 0. The first-order valence-corrected chi connectivity index (χ1v) is 11.6. The molecule has 0 radical (unpaired) electrons. The fraction of sp³-hybridized carbons (Fsp3) is 0.714. The molecule has 0 N–H and O–H groups in total. The van der Waals surface area contributed by atoms with Crippen LogP contribution in [0.4, 0.5) is 13.2 Å². The Balaban J connectivity index is 2.96. The zero-order valence-electron chi connectivity index (χ0n) is 8.99. The second-order valence-corrected chi connectivity index (χ2v) is 16.4. The molecule has 0 aromatic carbocycles. The van der Waals surface area contributed by atoms with Gasteiger partial charge in [0, 0.05) is 0 Å². The van der Waals surface area contributed by atoms with E-state index in [1.54, 1.807) is 5.82 Å². The third kappa shape index (κ3) is 3.51. The SMILES string of the molecule is C[Se]C1(OS(=O)(=O)C(F)(F)F)[Se]C(C)=C(C)[Se]1. The summed E-state index contributed by atoms with van der Waals surface area (Å²) in [5, 5.41) is 0. The molecule has 10 heteroatoms. The summed E-state index contributed by atoms with van der Waals surface area (Å²) >= 11 is -0.960. The molecule has 0 saturated carbocycles. The average molecular weight is 467 g/mol. The predicted molar refractivity (Wildman–Crippen MR) is 60.3 cm³/mol. The van der Waals surface area contributed by atoms with Gasteiger partial charge in [0.05, 0.1) is 0 Å². The van der Waals surface area contributed by atoms with Gasteiger partial charge in [-0.1, -0.05) is 0 Å². The summed E-state index contributed by atoms with van der Waals surface area (Å²) in [5.41, 5.74) is -5.33. The van der Waals surface area contributed by atoms with Crippen LogP contribution < -0.4 is 0 Å². The Kier molecular flexibility index (Phi) is 4.89. The average Bonchev–Trinajstić information content (AvgIpc) is 2.40. The number of hydrogen-bond donors (Lipinski definition) is 0. The Morgan fingerprint density at radius 1 is 1.24 bits per heavy atom. The van der Waals surface area contributed by atoms with Crippen molar-refractivity contribution in [1.29, 1.82) is 0 Å². The first-order chi connectivity index (χ1) is 7.53. The molecule has 0 atom stereocenters. The van der Waals surface area contributed by atoms with Gasteiger partial charge >= 0.3 is 117 Å². The maximum absolute atomic E-state index is 12.3. The van der Waals surface area contributed by atoms with Crippen LogP contribution in [0.25, 0.3) is 0 Å². The molecule has 1 rings (SSSR count). The minimum absolute atomic E-state index is 0.301. The number of halogens is 3. The van der Waals surface area contributed by atoms with Gasteiger partial charge in [0.15, 0.2) is 0 Å². The first kappa shape index (κ1) is 16.1. The van der Waals surface area contributed by atoms with Crippen LogP contribution in [0, 0.1) is 0 Å². The predicted octanol–water partition coefficient (Wildman–Crippen LogP) is 0.890. The maximum atomic E-state index is 12.3. The molecule has 0 bridgehead atoms. The fourth-order valence-electron chi connectivity index (χ4n) is 0.873. The molecule has 0 aromatic heterocycles. The summed E-state index contributed by atoms with van der Waals surface area (Å²) in [5.74, 6) is 1.72. The van der Waals surface area contributed by atoms with Crippen LogP contribution >= 0.6 is 0 Å². The van der Waals surface area contributed by atoms with E-state index in [2.05, 4.69) is 4.18 Å². The van der Waals surface area contributed by atoms with Crippen LogP contribution in [0.1, 0.15) is 13.8 Å². The van der Waals surface area contributed by atoms with E-state index >= 15 is 0 Å². The van der Waals surface area contributed by atoms with Gasteiger partial charge in [0.25, 0.3) is 0 Å². The summed E-state index contributed by atoms with van der Waals surface area (Å²) in [4.78, 5) is 0. The normalized spacial score (nSPS) is 21.1. The Morgan fingerprint density at radius 2 is 1.65 bits per heavy atom. The molecular weight excluding hydrogens is 458 g/mol. The zero-order chi connectivity index (χ0) is 13.5. The molecule has 0 spiro atoms. The van der Waals surface area contributed by atoms with Crippen molar-refractivity contribution in [3.8, 4) is 0 Å². The molecule has 1 heterocycles. The minimum atomic E-state index is -5.48. The molecule has 0 aromatic rings. The van der Waals surface area contributed by atoms with Crippen molar-refractivity contribution < 1.29 is 25.8 Å². The van der Waals surface area contributed by atoms with Gasteiger partial charge in [-0.2, -0.15) is 0 Å². The van der Waals surface area contributed by atoms with Crippen molar-refractivity contribution in [3.63, 3.8) is 0 Å². The quantitative estimate of drug-likeness (QED) is 0.352. The molecular formula is C7H9F3O3SSe3. The van der Waals surface area contributed by atoms with Crippen molar-refractivity contribution in [1.82, 2.24) is 0 Å². The van der Waals surface area contributed by atoms with Gasteiger partial charge in [-0.25, -0.2) is 0 Å². The molecule has 0 fully saturated rings. The van der Waals surface area contributed by atoms with Gasteiger partial charge < -0.3 is 0 Å². The van der Waals surface area contributed by atoms with E-state index in [-0.39, 0.29) is 44.9 Å². The van der Waals surface area contributed by atoms with Crippen LogP contribution in [0.3, 0.4) is 0 Å². The second-order valence-electron chi connectivity index (χ2n) is 3.00. The summed E-state index contributed by atoms with van der Waals surface area (Å²) in [6.07, 6.45) is 0. The topological polar surface area (TPSA) is 43.4 Å². The number of rotatable bonds is 3. The Morgan fingerprint density at radius 3 is 1.94 bits per heavy atom. The second kappa shape index (κ2) is 5.17. The summed E-state index contributed by atoms with van der Waals surface area (Å²) < 4.78 is 64.4. The third-order valence-electron chi connectivity index (χ3n) is 1.80. The van der Waals surface area contributed by atoms with Crippen molar-refractivity contribution in [2.45, 2.75) is 27.5 Å². The van der Waals surface area contributed by atoms with Crippen molar-refractivity contribution >= 4 is 55.0 Å². The molecule has 0 saturated heterocycles. The molecule has 1 aliphatic rings. The van der Waals surface area contributed by atoms with Crippen LogP contribution in [0.5, 0.6) is 0 Å². The van der Waals surface area contributed by atoms with Crippen LogP contribution in [-0.2, 0) is 14.3 Å². The molecule has 3 nitrogen and oxygen atoms in total. The van der Waals surface area contributed by atoms with E-state index in [9.17, 15) is 21.6 Å². The molecule has 0 amide bonds. The molecule has 0 aliphatic carbocycles. The molecule has 17 heavy (non-hydrogen) atoms. The van der Waals surface area contributed by atoms with Gasteiger partial charge in [-0.05, 0) is 0 Å². The molecule has 0 unspecified atom stereocenters. The molecule has 1 aliphatic heterocycles. The Bertz CT molecular complexity index is 429. The standard InChI is InChI=1S/C7H9F3O3SSe3/c1-4-5(2)17-7(15-3,16-4)13-14(11,12)6(8,9)10/h1-3H3. The summed E-state index contributed by atoms with van der Waals surface area (Å²) in [6.45, 7) is 3.66. The van der Waals surface area contributed by atoms with E-state index in [1.165, 1.54) is 0 Å². The van der Waals surface area contributed by atoms with Gasteiger partial charge in [-0.15, -0.1) is 0 Å².